The highest BCUT2D eigenvalue weighted by atomic mass is 16.5. The van der Waals surface area contributed by atoms with Gasteiger partial charge >= 0.3 is 0 Å². The summed E-state index contributed by atoms with van der Waals surface area (Å²) in [6.45, 7) is 2.15. The molecule has 1 aliphatic rings. The second-order valence-electron chi connectivity index (χ2n) is 5.54. The molecule has 1 aliphatic carbocycles. The van der Waals surface area contributed by atoms with E-state index in [1.54, 1.807) is 7.11 Å². The minimum absolute atomic E-state index is 0.708. The number of hydrogen-bond acceptors (Lipinski definition) is 2. The van der Waals surface area contributed by atoms with Crippen LogP contribution < -0.4 is 10.1 Å². The Labute approximate surface area is 111 Å². The summed E-state index contributed by atoms with van der Waals surface area (Å²) in [6, 6.07) is 7.21. The number of aryl methyl sites for hydroxylation is 1. The van der Waals surface area contributed by atoms with Gasteiger partial charge in [0.2, 0.25) is 0 Å². The highest BCUT2D eigenvalue weighted by Crippen LogP contribution is 2.30. The molecule has 0 radical (unpaired) electrons. The van der Waals surface area contributed by atoms with Gasteiger partial charge in [-0.15, -0.1) is 0 Å². The van der Waals surface area contributed by atoms with Gasteiger partial charge in [0.25, 0.3) is 0 Å². The summed E-state index contributed by atoms with van der Waals surface area (Å²) in [7, 11) is 3.85. The summed E-state index contributed by atoms with van der Waals surface area (Å²) in [5.74, 6) is 1.85. The van der Waals surface area contributed by atoms with E-state index < -0.39 is 0 Å². The molecular weight excluding hydrogens is 222 g/mol. The molecular formula is C16H25NO. The Morgan fingerprint density at radius 3 is 2.89 bits per heavy atom. The lowest BCUT2D eigenvalue weighted by molar-refractivity contribution is 0.291. The quantitative estimate of drug-likeness (QED) is 0.881. The molecule has 1 aromatic carbocycles. The normalized spacial score (nSPS) is 23.9. The van der Waals surface area contributed by atoms with Crippen molar-refractivity contribution in [1.29, 1.82) is 0 Å². The van der Waals surface area contributed by atoms with Crippen LogP contribution in [0.4, 0.5) is 0 Å². The third-order valence-corrected chi connectivity index (χ3v) is 4.14. The maximum Gasteiger partial charge on any atom is 0.122 e. The van der Waals surface area contributed by atoms with E-state index in [4.69, 9.17) is 4.74 Å². The number of benzene rings is 1. The molecule has 2 heteroatoms. The molecule has 0 heterocycles. The van der Waals surface area contributed by atoms with Crippen molar-refractivity contribution in [2.24, 2.45) is 5.92 Å². The van der Waals surface area contributed by atoms with Crippen LogP contribution in [0.25, 0.3) is 0 Å². The molecule has 2 atom stereocenters. The molecule has 0 bridgehead atoms. The van der Waals surface area contributed by atoms with E-state index in [2.05, 4.69) is 37.5 Å². The third-order valence-electron chi connectivity index (χ3n) is 4.14. The molecule has 2 rings (SSSR count). The first kappa shape index (κ1) is 13.4. The van der Waals surface area contributed by atoms with E-state index in [1.807, 2.05) is 0 Å². The minimum atomic E-state index is 0.708. The van der Waals surface area contributed by atoms with E-state index >= 15 is 0 Å². The third kappa shape index (κ3) is 3.26. The van der Waals surface area contributed by atoms with Gasteiger partial charge < -0.3 is 10.1 Å². The van der Waals surface area contributed by atoms with Crippen molar-refractivity contribution in [3.63, 3.8) is 0 Å². The second kappa shape index (κ2) is 6.24. The van der Waals surface area contributed by atoms with E-state index in [0.29, 0.717) is 6.04 Å². The zero-order valence-electron chi connectivity index (χ0n) is 11.8. The summed E-state index contributed by atoms with van der Waals surface area (Å²) >= 11 is 0. The summed E-state index contributed by atoms with van der Waals surface area (Å²) in [5, 5.41) is 3.43. The van der Waals surface area contributed by atoms with Gasteiger partial charge in [0, 0.05) is 6.04 Å². The van der Waals surface area contributed by atoms with E-state index in [1.165, 1.54) is 36.8 Å². The average Bonchev–Trinajstić information content (AvgIpc) is 2.39. The molecule has 1 saturated carbocycles. The Balaban J connectivity index is 2.06. The topological polar surface area (TPSA) is 21.3 Å². The largest absolute Gasteiger partial charge is 0.496 e. The van der Waals surface area contributed by atoms with Crippen molar-refractivity contribution in [2.45, 2.75) is 45.1 Å². The monoisotopic (exact) mass is 247 g/mol. The molecule has 1 aromatic rings. The summed E-state index contributed by atoms with van der Waals surface area (Å²) in [4.78, 5) is 0. The van der Waals surface area contributed by atoms with Crippen LogP contribution in [0.2, 0.25) is 0 Å². The zero-order valence-corrected chi connectivity index (χ0v) is 11.8. The van der Waals surface area contributed by atoms with Gasteiger partial charge in [-0.1, -0.05) is 30.5 Å². The Bertz CT molecular complexity index is 389. The molecule has 18 heavy (non-hydrogen) atoms. The highest BCUT2D eigenvalue weighted by molar-refractivity contribution is 5.37. The van der Waals surface area contributed by atoms with Crippen molar-refractivity contribution < 1.29 is 4.74 Å². The smallest absolute Gasteiger partial charge is 0.122 e. The van der Waals surface area contributed by atoms with Gasteiger partial charge in [-0.3, -0.25) is 0 Å². The SMILES string of the molecule is CNC1CCCC(Cc2cc(C)ccc2OC)C1. The second-order valence-corrected chi connectivity index (χ2v) is 5.54. The van der Waals surface area contributed by atoms with Gasteiger partial charge in [0.15, 0.2) is 0 Å². The van der Waals surface area contributed by atoms with Gasteiger partial charge in [0.05, 0.1) is 7.11 Å². The number of hydrogen-bond donors (Lipinski definition) is 1. The fourth-order valence-electron chi connectivity index (χ4n) is 3.12. The van der Waals surface area contributed by atoms with Crippen molar-refractivity contribution in [3.8, 4) is 5.75 Å². The molecule has 0 amide bonds. The van der Waals surface area contributed by atoms with Crippen LogP contribution in [-0.2, 0) is 6.42 Å². The van der Waals surface area contributed by atoms with Crippen LogP contribution in [0.15, 0.2) is 18.2 Å². The first-order valence-corrected chi connectivity index (χ1v) is 7.03. The molecule has 2 unspecified atom stereocenters. The predicted octanol–water partition coefficient (Wildman–Crippen LogP) is 3.32. The van der Waals surface area contributed by atoms with Crippen molar-refractivity contribution in [2.75, 3.05) is 14.2 Å². The lowest BCUT2D eigenvalue weighted by Gasteiger charge is -2.29. The lowest BCUT2D eigenvalue weighted by atomic mass is 9.82. The molecule has 0 spiro atoms. The highest BCUT2D eigenvalue weighted by Gasteiger charge is 2.21. The van der Waals surface area contributed by atoms with Crippen LogP contribution in [0.5, 0.6) is 5.75 Å². The summed E-state index contributed by atoms with van der Waals surface area (Å²) < 4.78 is 5.48. The zero-order chi connectivity index (χ0) is 13.0. The Morgan fingerprint density at radius 1 is 1.33 bits per heavy atom. The number of ether oxygens (including phenoxy) is 1. The van der Waals surface area contributed by atoms with Crippen LogP contribution >= 0.6 is 0 Å². The standard InChI is InChI=1S/C16H25NO/c1-12-7-8-16(18-3)14(9-12)10-13-5-4-6-15(11-13)17-2/h7-9,13,15,17H,4-6,10-11H2,1-3H3. The van der Waals surface area contributed by atoms with Crippen LogP contribution in [0.3, 0.4) is 0 Å². The van der Waals surface area contributed by atoms with E-state index in [0.717, 1.165) is 18.1 Å². The van der Waals surface area contributed by atoms with Crippen molar-refractivity contribution in [3.05, 3.63) is 29.3 Å². The van der Waals surface area contributed by atoms with Gasteiger partial charge in [-0.05, 0) is 50.8 Å². The number of nitrogens with one attached hydrogen (secondary N) is 1. The first-order valence-electron chi connectivity index (χ1n) is 7.03. The lowest BCUT2D eigenvalue weighted by Crippen LogP contribution is -2.32. The molecule has 100 valence electrons. The molecule has 1 fully saturated rings. The fourth-order valence-corrected chi connectivity index (χ4v) is 3.12. The Hall–Kier alpha value is -1.02. The fraction of sp³-hybridized carbons (Fsp3) is 0.625. The molecule has 0 saturated heterocycles. The van der Waals surface area contributed by atoms with Gasteiger partial charge in [0.1, 0.15) is 5.75 Å². The van der Waals surface area contributed by atoms with Gasteiger partial charge in [-0.25, -0.2) is 0 Å². The predicted molar refractivity (Wildman–Crippen MR) is 76.2 cm³/mol. The number of methoxy groups -OCH3 is 1. The van der Waals surface area contributed by atoms with Crippen LogP contribution in [-0.4, -0.2) is 20.2 Å². The number of rotatable bonds is 4. The minimum Gasteiger partial charge on any atom is -0.496 e. The molecule has 0 aromatic heterocycles. The molecule has 0 aliphatic heterocycles. The van der Waals surface area contributed by atoms with Crippen molar-refractivity contribution >= 4 is 0 Å². The Morgan fingerprint density at radius 2 is 2.17 bits per heavy atom. The maximum atomic E-state index is 5.48. The van der Waals surface area contributed by atoms with E-state index in [9.17, 15) is 0 Å². The van der Waals surface area contributed by atoms with Crippen LogP contribution in [0.1, 0.15) is 36.8 Å². The van der Waals surface area contributed by atoms with Crippen LogP contribution in [0, 0.1) is 12.8 Å². The Kier molecular flexibility index (Phi) is 4.65. The first-order chi connectivity index (χ1) is 8.72. The molecule has 1 N–H and O–H groups in total. The molecule has 2 nitrogen and oxygen atoms in total. The van der Waals surface area contributed by atoms with Crippen molar-refractivity contribution in [1.82, 2.24) is 5.32 Å². The van der Waals surface area contributed by atoms with Gasteiger partial charge in [-0.2, -0.15) is 0 Å². The maximum absolute atomic E-state index is 5.48. The summed E-state index contributed by atoms with van der Waals surface area (Å²) in [6.07, 6.45) is 6.49. The van der Waals surface area contributed by atoms with E-state index in [-0.39, 0.29) is 0 Å². The average molecular weight is 247 g/mol. The summed E-state index contributed by atoms with van der Waals surface area (Å²) in [5.41, 5.74) is 2.70.